The molecular formula is C19H13ClFN5O2. The molecule has 0 unspecified atom stereocenters. The first-order chi connectivity index (χ1) is 13.6. The van der Waals surface area contributed by atoms with Crippen LogP contribution >= 0.6 is 11.6 Å². The summed E-state index contributed by atoms with van der Waals surface area (Å²) < 4.78 is 18.5. The third-order valence-electron chi connectivity index (χ3n) is 3.89. The van der Waals surface area contributed by atoms with Crippen LogP contribution in [-0.4, -0.2) is 26.2 Å². The van der Waals surface area contributed by atoms with Gasteiger partial charge in [0.2, 0.25) is 5.95 Å². The Morgan fingerprint density at radius 1 is 1.18 bits per heavy atom. The molecule has 0 atom stereocenters. The normalized spacial score (nSPS) is 10.8. The molecule has 0 radical (unpaired) electrons. The lowest BCUT2D eigenvalue weighted by Crippen LogP contribution is -2.13. The Labute approximate surface area is 163 Å². The molecule has 2 aromatic heterocycles. The minimum atomic E-state index is -0.514. The molecule has 4 rings (SSSR count). The fraction of sp³-hybridized carbons (Fsp3) is 0.0526. The summed E-state index contributed by atoms with van der Waals surface area (Å²) in [4.78, 5) is 16.5. The smallest absolute Gasteiger partial charge is 0.280 e. The van der Waals surface area contributed by atoms with Crippen molar-refractivity contribution in [2.24, 2.45) is 0 Å². The molecule has 140 valence electrons. The number of carbonyl (C=O) groups is 1. The van der Waals surface area contributed by atoms with Gasteiger partial charge in [-0.2, -0.15) is 4.98 Å². The molecule has 0 bridgehead atoms. The van der Waals surface area contributed by atoms with E-state index in [1.807, 2.05) is 0 Å². The number of anilines is 1. The molecule has 2 heterocycles. The fourth-order valence-corrected chi connectivity index (χ4v) is 2.69. The molecule has 0 aliphatic carbocycles. The van der Waals surface area contributed by atoms with Gasteiger partial charge in [0.25, 0.3) is 5.91 Å². The lowest BCUT2D eigenvalue weighted by Gasteiger charge is -1.97. The molecular weight excluding hydrogens is 385 g/mol. The largest absolute Gasteiger partial charge is 0.355 e. The molecule has 9 heteroatoms. The summed E-state index contributed by atoms with van der Waals surface area (Å²) in [6.07, 6.45) is 0.352. The maximum absolute atomic E-state index is 13.3. The highest BCUT2D eigenvalue weighted by molar-refractivity contribution is 6.30. The van der Waals surface area contributed by atoms with Gasteiger partial charge < -0.3 is 4.52 Å². The zero-order valence-corrected chi connectivity index (χ0v) is 15.1. The molecule has 7 nitrogen and oxygen atoms in total. The number of rotatable bonds is 5. The van der Waals surface area contributed by atoms with E-state index in [0.29, 0.717) is 23.0 Å². The average molecular weight is 398 g/mol. The molecule has 0 aliphatic rings. The quantitative estimate of drug-likeness (QED) is 0.528. The highest BCUT2D eigenvalue weighted by Gasteiger charge is 2.16. The lowest BCUT2D eigenvalue weighted by atomic mass is 10.1. The second kappa shape index (κ2) is 7.61. The van der Waals surface area contributed by atoms with Gasteiger partial charge >= 0.3 is 0 Å². The van der Waals surface area contributed by atoms with Gasteiger partial charge in [0, 0.05) is 23.1 Å². The molecule has 1 amide bonds. The van der Waals surface area contributed by atoms with E-state index < -0.39 is 5.91 Å². The highest BCUT2D eigenvalue weighted by atomic mass is 35.5. The van der Waals surface area contributed by atoms with Crippen LogP contribution in [0.1, 0.15) is 21.9 Å². The van der Waals surface area contributed by atoms with Crippen molar-refractivity contribution in [1.29, 1.82) is 0 Å². The first-order valence-corrected chi connectivity index (χ1v) is 8.64. The van der Waals surface area contributed by atoms with E-state index in [1.54, 1.807) is 36.4 Å². The molecule has 0 spiro atoms. The lowest BCUT2D eigenvalue weighted by molar-refractivity contribution is 0.101. The van der Waals surface area contributed by atoms with Crippen molar-refractivity contribution in [1.82, 2.24) is 20.3 Å². The summed E-state index contributed by atoms with van der Waals surface area (Å²) in [5.74, 6) is 0.173. The van der Waals surface area contributed by atoms with Gasteiger partial charge in [-0.25, -0.2) is 4.39 Å². The van der Waals surface area contributed by atoms with Crippen LogP contribution in [0.5, 0.6) is 0 Å². The summed E-state index contributed by atoms with van der Waals surface area (Å²) in [6.45, 7) is 0. The Morgan fingerprint density at radius 2 is 2.00 bits per heavy atom. The first-order valence-electron chi connectivity index (χ1n) is 8.26. The van der Waals surface area contributed by atoms with Gasteiger partial charge in [-0.1, -0.05) is 28.9 Å². The summed E-state index contributed by atoms with van der Waals surface area (Å²) in [5.41, 5.74) is 1.56. The third kappa shape index (κ3) is 4.07. The minimum Gasteiger partial charge on any atom is -0.355 e. The van der Waals surface area contributed by atoms with Gasteiger partial charge in [-0.15, -0.1) is 5.10 Å². The number of aromatic amines is 1. The number of hydrogen-bond acceptors (Lipinski definition) is 5. The monoisotopic (exact) mass is 397 g/mol. The van der Waals surface area contributed by atoms with Crippen LogP contribution in [0.15, 0.2) is 59.1 Å². The van der Waals surface area contributed by atoms with E-state index in [2.05, 4.69) is 25.7 Å². The predicted molar refractivity (Wildman–Crippen MR) is 100 cm³/mol. The number of halogens is 2. The topological polar surface area (TPSA) is 96.7 Å². The van der Waals surface area contributed by atoms with Crippen LogP contribution in [0.4, 0.5) is 10.3 Å². The third-order valence-corrected chi connectivity index (χ3v) is 4.14. The van der Waals surface area contributed by atoms with Crippen molar-refractivity contribution in [3.8, 4) is 11.3 Å². The Kier molecular flexibility index (Phi) is 4.86. The second-order valence-corrected chi connectivity index (χ2v) is 6.39. The summed E-state index contributed by atoms with van der Waals surface area (Å²) in [7, 11) is 0. The fourth-order valence-electron chi connectivity index (χ4n) is 2.57. The number of aromatic nitrogens is 4. The van der Waals surface area contributed by atoms with Crippen molar-refractivity contribution >= 4 is 23.5 Å². The average Bonchev–Trinajstić information content (AvgIpc) is 3.32. The van der Waals surface area contributed by atoms with Crippen molar-refractivity contribution in [2.75, 3.05) is 5.32 Å². The van der Waals surface area contributed by atoms with Crippen molar-refractivity contribution in [2.45, 2.75) is 6.42 Å². The van der Waals surface area contributed by atoms with E-state index in [0.717, 1.165) is 11.1 Å². The van der Waals surface area contributed by atoms with Crippen LogP contribution in [0.3, 0.4) is 0 Å². The van der Waals surface area contributed by atoms with Crippen LogP contribution in [0.25, 0.3) is 11.3 Å². The summed E-state index contributed by atoms with van der Waals surface area (Å²) in [5, 5.41) is 13.6. The SMILES string of the molecule is O=C(Nc1n[nH]c(Cc2cccc(F)c2)n1)c1cc(-c2ccc(Cl)cc2)on1. The molecule has 2 N–H and O–H groups in total. The predicted octanol–water partition coefficient (Wildman–Crippen LogP) is 4.10. The Morgan fingerprint density at radius 3 is 2.79 bits per heavy atom. The molecule has 28 heavy (non-hydrogen) atoms. The number of H-pyrrole nitrogens is 1. The molecule has 2 aromatic carbocycles. The molecule has 0 saturated carbocycles. The molecule has 4 aromatic rings. The molecule has 0 aliphatic heterocycles. The number of nitrogens with zero attached hydrogens (tertiary/aromatic N) is 3. The zero-order valence-electron chi connectivity index (χ0n) is 14.3. The van der Waals surface area contributed by atoms with Gasteiger partial charge in [0.15, 0.2) is 11.5 Å². The standard InChI is InChI=1S/C19H13ClFN5O2/c20-13-6-4-12(5-7-13)16-10-15(26-28-16)18(27)23-19-22-17(24-25-19)9-11-2-1-3-14(21)8-11/h1-8,10H,9H2,(H2,22,23,24,25,27). The highest BCUT2D eigenvalue weighted by Crippen LogP contribution is 2.22. The number of carbonyl (C=O) groups excluding carboxylic acids is 1. The van der Waals surface area contributed by atoms with Gasteiger partial charge in [0.1, 0.15) is 11.6 Å². The van der Waals surface area contributed by atoms with Gasteiger partial charge in [-0.05, 0) is 42.0 Å². The Balaban J connectivity index is 1.43. The van der Waals surface area contributed by atoms with Crippen molar-refractivity contribution in [3.63, 3.8) is 0 Å². The summed E-state index contributed by atoms with van der Waals surface area (Å²) in [6, 6.07) is 14.6. The van der Waals surface area contributed by atoms with E-state index in [1.165, 1.54) is 18.2 Å². The molecule has 0 fully saturated rings. The maximum atomic E-state index is 13.3. The van der Waals surface area contributed by atoms with Crippen LogP contribution in [-0.2, 0) is 6.42 Å². The number of benzene rings is 2. The van der Waals surface area contributed by atoms with Crippen molar-refractivity contribution in [3.05, 3.63) is 82.5 Å². The second-order valence-electron chi connectivity index (χ2n) is 5.95. The summed E-state index contributed by atoms with van der Waals surface area (Å²) >= 11 is 5.86. The maximum Gasteiger partial charge on any atom is 0.280 e. The molecule has 0 saturated heterocycles. The number of hydrogen-bond donors (Lipinski definition) is 2. The van der Waals surface area contributed by atoms with Gasteiger partial charge in [0.05, 0.1) is 0 Å². The van der Waals surface area contributed by atoms with E-state index in [-0.39, 0.29) is 17.5 Å². The Bertz CT molecular complexity index is 1120. The van der Waals surface area contributed by atoms with E-state index >= 15 is 0 Å². The van der Waals surface area contributed by atoms with E-state index in [9.17, 15) is 9.18 Å². The van der Waals surface area contributed by atoms with Crippen LogP contribution in [0, 0.1) is 5.82 Å². The Hall–Kier alpha value is -3.52. The van der Waals surface area contributed by atoms with Crippen LogP contribution in [0.2, 0.25) is 5.02 Å². The van der Waals surface area contributed by atoms with Crippen molar-refractivity contribution < 1.29 is 13.7 Å². The van der Waals surface area contributed by atoms with Crippen LogP contribution < -0.4 is 5.32 Å². The first kappa shape index (κ1) is 17.9. The van der Waals surface area contributed by atoms with E-state index in [4.69, 9.17) is 16.1 Å². The van der Waals surface area contributed by atoms with Gasteiger partial charge in [-0.3, -0.25) is 15.2 Å². The number of amides is 1. The minimum absolute atomic E-state index is 0.0847. The zero-order chi connectivity index (χ0) is 19.5. The number of nitrogens with one attached hydrogen (secondary N) is 2.